The molecule has 1 unspecified atom stereocenters. The average Bonchev–Trinajstić information content (AvgIpc) is 2.74. The van der Waals surface area contributed by atoms with Crippen molar-refractivity contribution in [1.29, 1.82) is 0 Å². The van der Waals surface area contributed by atoms with Crippen molar-refractivity contribution in [1.82, 2.24) is 0 Å². The molecular weight excluding hydrogens is 367 g/mol. The van der Waals surface area contributed by atoms with E-state index >= 15 is 0 Å². The molecular formula is C24H25FN2O2. The van der Waals surface area contributed by atoms with Gasteiger partial charge in [-0.2, -0.15) is 0 Å². The molecule has 29 heavy (non-hydrogen) atoms. The molecule has 1 atom stereocenters. The van der Waals surface area contributed by atoms with E-state index < -0.39 is 11.9 Å². The highest BCUT2D eigenvalue weighted by Gasteiger charge is 2.14. The lowest BCUT2D eigenvalue weighted by molar-refractivity contribution is -0.116. The first-order valence-electron chi connectivity index (χ1n) is 9.64. The van der Waals surface area contributed by atoms with Crippen LogP contribution in [0, 0.1) is 5.82 Å². The van der Waals surface area contributed by atoms with Crippen LogP contribution in [0.2, 0.25) is 0 Å². The summed E-state index contributed by atoms with van der Waals surface area (Å²) in [4.78, 5) is 12.3. The van der Waals surface area contributed by atoms with Crippen LogP contribution in [0.25, 0.3) is 0 Å². The minimum absolute atomic E-state index is 0.173. The zero-order chi connectivity index (χ0) is 20.5. The number of para-hydroxylation sites is 1. The molecule has 3 aromatic carbocycles. The van der Waals surface area contributed by atoms with Crippen LogP contribution in [0.15, 0.2) is 78.9 Å². The van der Waals surface area contributed by atoms with Gasteiger partial charge < -0.3 is 15.4 Å². The fourth-order valence-corrected chi connectivity index (χ4v) is 2.89. The maximum atomic E-state index is 13.7. The van der Waals surface area contributed by atoms with Gasteiger partial charge in [-0.1, -0.05) is 54.6 Å². The quantitative estimate of drug-likeness (QED) is 0.503. The molecule has 0 saturated heterocycles. The zero-order valence-electron chi connectivity index (χ0n) is 16.4. The second-order valence-electron chi connectivity index (χ2n) is 6.82. The summed E-state index contributed by atoms with van der Waals surface area (Å²) in [6.45, 7) is 2.88. The van der Waals surface area contributed by atoms with Crippen LogP contribution in [0.1, 0.15) is 18.1 Å². The Labute approximate surface area is 170 Å². The first kappa shape index (κ1) is 20.6. The molecule has 3 aromatic rings. The highest BCUT2D eigenvalue weighted by Crippen LogP contribution is 2.16. The van der Waals surface area contributed by atoms with Crippen LogP contribution in [-0.4, -0.2) is 18.6 Å². The Kier molecular flexibility index (Phi) is 7.36. The van der Waals surface area contributed by atoms with Crippen LogP contribution >= 0.6 is 0 Å². The molecule has 0 aliphatic rings. The molecule has 5 heteroatoms. The molecule has 0 aliphatic heterocycles. The molecule has 0 heterocycles. The van der Waals surface area contributed by atoms with Gasteiger partial charge in [0, 0.05) is 5.69 Å². The number of hydrogen-bond donors (Lipinski definition) is 2. The van der Waals surface area contributed by atoms with Crippen molar-refractivity contribution in [3.8, 4) is 0 Å². The molecule has 0 saturated carbocycles. The van der Waals surface area contributed by atoms with Gasteiger partial charge in [0.2, 0.25) is 5.91 Å². The molecule has 0 spiro atoms. The van der Waals surface area contributed by atoms with E-state index in [2.05, 4.69) is 22.8 Å². The van der Waals surface area contributed by atoms with E-state index in [0.29, 0.717) is 13.2 Å². The molecule has 1 amide bonds. The number of carbonyl (C=O) groups is 1. The van der Waals surface area contributed by atoms with E-state index in [1.807, 2.05) is 42.5 Å². The molecule has 3 rings (SSSR count). The molecule has 2 N–H and O–H groups in total. The fraction of sp³-hybridized carbons (Fsp3) is 0.208. The van der Waals surface area contributed by atoms with Crippen LogP contribution in [-0.2, 0) is 22.6 Å². The third-order valence-electron chi connectivity index (χ3n) is 4.48. The summed E-state index contributed by atoms with van der Waals surface area (Å²) in [6.07, 6.45) is 0.867. The van der Waals surface area contributed by atoms with Crippen molar-refractivity contribution >= 4 is 17.3 Å². The van der Waals surface area contributed by atoms with Crippen LogP contribution in [0.5, 0.6) is 0 Å². The van der Waals surface area contributed by atoms with Gasteiger partial charge in [0.1, 0.15) is 11.9 Å². The summed E-state index contributed by atoms with van der Waals surface area (Å²) < 4.78 is 19.5. The number of anilines is 2. The normalized spacial score (nSPS) is 11.7. The maximum absolute atomic E-state index is 13.7. The molecule has 0 aromatic heterocycles. The Morgan fingerprint density at radius 1 is 0.966 bits per heavy atom. The predicted octanol–water partition coefficient (Wildman–Crippen LogP) is 5.02. The number of amides is 1. The topological polar surface area (TPSA) is 50.4 Å². The van der Waals surface area contributed by atoms with Gasteiger partial charge in [-0.25, -0.2) is 4.39 Å². The molecule has 4 nitrogen and oxygen atoms in total. The number of carbonyl (C=O) groups excluding carboxylic acids is 1. The molecule has 0 radical (unpaired) electrons. The van der Waals surface area contributed by atoms with E-state index in [1.165, 1.54) is 17.7 Å². The van der Waals surface area contributed by atoms with Crippen molar-refractivity contribution in [3.63, 3.8) is 0 Å². The number of hydrogen-bond acceptors (Lipinski definition) is 3. The van der Waals surface area contributed by atoms with E-state index in [-0.39, 0.29) is 11.6 Å². The Bertz CT molecular complexity index is 931. The summed E-state index contributed by atoms with van der Waals surface area (Å²) in [6, 6.07) is 23.5. The third kappa shape index (κ3) is 6.43. The lowest BCUT2D eigenvalue weighted by atomic mass is 10.1. The predicted molar refractivity (Wildman–Crippen MR) is 114 cm³/mol. The summed E-state index contributed by atoms with van der Waals surface area (Å²) in [5, 5.41) is 5.75. The second-order valence-corrected chi connectivity index (χ2v) is 6.82. The molecule has 0 fully saturated rings. The van der Waals surface area contributed by atoms with Gasteiger partial charge in [0.15, 0.2) is 0 Å². The standard InChI is InChI=1S/C24H25FN2O2/c1-18(24(28)27-23-13-6-5-12-22(23)25)26-21-11-7-10-20(16-21)17-29-15-14-19-8-3-2-4-9-19/h2-13,16,18,26H,14-15,17H2,1H3,(H,27,28). The second kappa shape index (κ2) is 10.4. The summed E-state index contributed by atoms with van der Waals surface area (Å²) in [5.41, 5.74) is 3.25. The first-order valence-corrected chi connectivity index (χ1v) is 9.64. The van der Waals surface area contributed by atoms with Gasteiger partial charge in [-0.05, 0) is 48.7 Å². The SMILES string of the molecule is CC(Nc1cccc(COCCc2ccccc2)c1)C(=O)Nc1ccccc1F. The number of rotatable bonds is 9. The van der Waals surface area contributed by atoms with Crippen molar-refractivity contribution in [2.45, 2.75) is 26.0 Å². The number of nitrogens with one attached hydrogen (secondary N) is 2. The third-order valence-corrected chi connectivity index (χ3v) is 4.48. The lowest BCUT2D eigenvalue weighted by Crippen LogP contribution is -2.32. The molecule has 0 bridgehead atoms. The fourth-order valence-electron chi connectivity index (χ4n) is 2.89. The smallest absolute Gasteiger partial charge is 0.246 e. The van der Waals surface area contributed by atoms with E-state index in [4.69, 9.17) is 4.74 Å². The largest absolute Gasteiger partial charge is 0.376 e. The van der Waals surface area contributed by atoms with Crippen molar-refractivity contribution in [3.05, 3.63) is 95.8 Å². The van der Waals surface area contributed by atoms with Gasteiger partial charge >= 0.3 is 0 Å². The highest BCUT2D eigenvalue weighted by atomic mass is 19.1. The average molecular weight is 392 g/mol. The minimum Gasteiger partial charge on any atom is -0.376 e. The summed E-state index contributed by atoms with van der Waals surface area (Å²) in [7, 11) is 0. The first-order chi connectivity index (χ1) is 14.1. The van der Waals surface area contributed by atoms with Crippen molar-refractivity contribution in [2.75, 3.05) is 17.2 Å². The Balaban J connectivity index is 1.48. The zero-order valence-corrected chi connectivity index (χ0v) is 16.4. The van der Waals surface area contributed by atoms with Crippen LogP contribution in [0.3, 0.4) is 0 Å². The van der Waals surface area contributed by atoms with E-state index in [0.717, 1.165) is 17.7 Å². The Morgan fingerprint density at radius 2 is 1.69 bits per heavy atom. The van der Waals surface area contributed by atoms with Gasteiger partial charge in [0.05, 0.1) is 18.9 Å². The van der Waals surface area contributed by atoms with Crippen LogP contribution < -0.4 is 10.6 Å². The molecule has 0 aliphatic carbocycles. The van der Waals surface area contributed by atoms with Crippen LogP contribution in [0.4, 0.5) is 15.8 Å². The van der Waals surface area contributed by atoms with E-state index in [9.17, 15) is 9.18 Å². The molecule has 150 valence electrons. The van der Waals surface area contributed by atoms with Gasteiger partial charge in [-0.3, -0.25) is 4.79 Å². The monoisotopic (exact) mass is 392 g/mol. The summed E-state index contributed by atoms with van der Waals surface area (Å²) >= 11 is 0. The van der Waals surface area contributed by atoms with Gasteiger partial charge in [-0.15, -0.1) is 0 Å². The Morgan fingerprint density at radius 3 is 2.48 bits per heavy atom. The maximum Gasteiger partial charge on any atom is 0.246 e. The van der Waals surface area contributed by atoms with Crippen molar-refractivity contribution < 1.29 is 13.9 Å². The minimum atomic E-state index is -0.524. The van der Waals surface area contributed by atoms with E-state index in [1.54, 1.807) is 19.1 Å². The van der Waals surface area contributed by atoms with Crippen molar-refractivity contribution in [2.24, 2.45) is 0 Å². The van der Waals surface area contributed by atoms with Gasteiger partial charge in [0.25, 0.3) is 0 Å². The number of halogens is 1. The number of ether oxygens (including phenoxy) is 1. The summed E-state index contributed by atoms with van der Waals surface area (Å²) in [5.74, 6) is -0.762. The number of benzene rings is 3. The highest BCUT2D eigenvalue weighted by molar-refractivity contribution is 5.96. The lowest BCUT2D eigenvalue weighted by Gasteiger charge is -2.16. The Hall–Kier alpha value is -3.18.